The number of ether oxygens (including phenoxy) is 1. The molecule has 2 aromatic carbocycles. The number of hydrogen-bond acceptors (Lipinski definition) is 2. The summed E-state index contributed by atoms with van der Waals surface area (Å²) in [5.74, 6) is 0.838. The van der Waals surface area contributed by atoms with E-state index in [9.17, 15) is 4.79 Å². The Balaban J connectivity index is 1.97. The second-order valence-corrected chi connectivity index (χ2v) is 5.07. The van der Waals surface area contributed by atoms with E-state index < -0.39 is 0 Å². The lowest BCUT2D eigenvalue weighted by Gasteiger charge is -2.11. The summed E-state index contributed by atoms with van der Waals surface area (Å²) in [4.78, 5) is 12.2. The minimum atomic E-state index is -0.0221. The second kappa shape index (κ2) is 6.93. The van der Waals surface area contributed by atoms with E-state index in [-0.39, 0.29) is 5.91 Å². The van der Waals surface area contributed by atoms with Crippen LogP contribution < -0.4 is 10.1 Å². The molecule has 0 bridgehead atoms. The number of rotatable bonds is 5. The largest absolute Gasteiger partial charge is 0.496 e. The zero-order chi connectivity index (χ0) is 15.2. The van der Waals surface area contributed by atoms with Crippen molar-refractivity contribution < 1.29 is 9.53 Å². The quantitative estimate of drug-likeness (QED) is 0.914. The van der Waals surface area contributed by atoms with Crippen molar-refractivity contribution >= 4 is 5.91 Å². The number of methoxy groups -OCH3 is 1. The zero-order valence-corrected chi connectivity index (χ0v) is 12.8. The van der Waals surface area contributed by atoms with Crippen LogP contribution in [0.5, 0.6) is 5.75 Å². The summed E-state index contributed by atoms with van der Waals surface area (Å²) >= 11 is 0. The van der Waals surface area contributed by atoms with Crippen molar-refractivity contribution in [3.63, 3.8) is 0 Å². The van der Waals surface area contributed by atoms with Gasteiger partial charge in [0.2, 0.25) is 0 Å². The number of carbonyl (C=O) groups excluding carboxylic acids is 1. The highest BCUT2D eigenvalue weighted by molar-refractivity contribution is 5.95. The first-order valence-corrected chi connectivity index (χ1v) is 7.09. The van der Waals surface area contributed by atoms with Crippen molar-refractivity contribution in [1.29, 1.82) is 0 Å². The molecule has 2 rings (SSSR count). The third kappa shape index (κ3) is 3.63. The summed E-state index contributed by atoms with van der Waals surface area (Å²) in [5.41, 5.74) is 4.01. The molecule has 1 N–H and O–H groups in total. The highest BCUT2D eigenvalue weighted by atomic mass is 16.5. The van der Waals surface area contributed by atoms with E-state index in [0.29, 0.717) is 6.54 Å². The minimum Gasteiger partial charge on any atom is -0.496 e. The van der Waals surface area contributed by atoms with E-state index in [4.69, 9.17) is 4.74 Å². The molecule has 3 heteroatoms. The topological polar surface area (TPSA) is 38.3 Å². The Morgan fingerprint density at radius 2 is 1.86 bits per heavy atom. The van der Waals surface area contributed by atoms with Crippen LogP contribution in [0, 0.1) is 13.8 Å². The van der Waals surface area contributed by atoms with Crippen LogP contribution in [0.1, 0.15) is 27.0 Å². The van der Waals surface area contributed by atoms with E-state index in [1.807, 2.05) is 56.3 Å². The number of carbonyl (C=O) groups is 1. The molecule has 3 nitrogen and oxygen atoms in total. The van der Waals surface area contributed by atoms with Crippen molar-refractivity contribution in [3.05, 3.63) is 64.7 Å². The van der Waals surface area contributed by atoms with E-state index in [0.717, 1.165) is 34.4 Å². The molecular formula is C18H21NO2. The molecule has 0 fully saturated rings. The molecule has 1 amide bonds. The maximum atomic E-state index is 12.2. The summed E-state index contributed by atoms with van der Waals surface area (Å²) in [5, 5.41) is 2.97. The highest BCUT2D eigenvalue weighted by Gasteiger charge is 2.10. The van der Waals surface area contributed by atoms with Crippen LogP contribution in [-0.2, 0) is 6.42 Å². The van der Waals surface area contributed by atoms with Gasteiger partial charge in [0.05, 0.1) is 7.11 Å². The van der Waals surface area contributed by atoms with Gasteiger partial charge in [0, 0.05) is 12.1 Å². The Bertz CT molecular complexity index is 635. The number of nitrogens with one attached hydrogen (secondary N) is 1. The average Bonchev–Trinajstić information content (AvgIpc) is 2.50. The molecule has 0 unspecified atom stereocenters. The highest BCUT2D eigenvalue weighted by Crippen LogP contribution is 2.17. The number of para-hydroxylation sites is 1. The van der Waals surface area contributed by atoms with Gasteiger partial charge in [0.15, 0.2) is 0 Å². The SMILES string of the molecule is COc1ccccc1CCNC(=O)c1cccc(C)c1C. The van der Waals surface area contributed by atoms with E-state index in [2.05, 4.69) is 5.32 Å². The van der Waals surface area contributed by atoms with Gasteiger partial charge in [-0.15, -0.1) is 0 Å². The maximum absolute atomic E-state index is 12.2. The predicted molar refractivity (Wildman–Crippen MR) is 84.9 cm³/mol. The van der Waals surface area contributed by atoms with Gasteiger partial charge in [0.25, 0.3) is 5.91 Å². The van der Waals surface area contributed by atoms with Crippen LogP contribution in [0.15, 0.2) is 42.5 Å². The normalized spacial score (nSPS) is 10.2. The molecular weight excluding hydrogens is 262 g/mol. The van der Waals surface area contributed by atoms with Gasteiger partial charge in [-0.25, -0.2) is 0 Å². The average molecular weight is 283 g/mol. The Morgan fingerprint density at radius 1 is 1.10 bits per heavy atom. The fraction of sp³-hybridized carbons (Fsp3) is 0.278. The van der Waals surface area contributed by atoms with Gasteiger partial charge in [-0.1, -0.05) is 30.3 Å². The van der Waals surface area contributed by atoms with Crippen molar-refractivity contribution in [1.82, 2.24) is 5.32 Å². The molecule has 0 saturated heterocycles. The third-order valence-electron chi connectivity index (χ3n) is 3.72. The van der Waals surface area contributed by atoms with Gasteiger partial charge in [-0.05, 0) is 49.1 Å². The maximum Gasteiger partial charge on any atom is 0.251 e. The van der Waals surface area contributed by atoms with Crippen LogP contribution in [0.3, 0.4) is 0 Å². The summed E-state index contributed by atoms with van der Waals surface area (Å²) < 4.78 is 5.31. The lowest BCUT2D eigenvalue weighted by atomic mass is 10.0. The summed E-state index contributed by atoms with van der Waals surface area (Å²) in [7, 11) is 1.66. The first-order chi connectivity index (χ1) is 10.1. The molecule has 0 aliphatic carbocycles. The first-order valence-electron chi connectivity index (χ1n) is 7.09. The van der Waals surface area contributed by atoms with Crippen molar-refractivity contribution in [3.8, 4) is 5.75 Å². The van der Waals surface area contributed by atoms with Crippen LogP contribution in [0.25, 0.3) is 0 Å². The molecule has 0 aliphatic rings. The Kier molecular flexibility index (Phi) is 4.99. The summed E-state index contributed by atoms with van der Waals surface area (Å²) in [6, 6.07) is 13.7. The molecule has 2 aromatic rings. The van der Waals surface area contributed by atoms with Gasteiger partial charge in [-0.3, -0.25) is 4.79 Å². The molecule has 0 aliphatic heterocycles. The lowest BCUT2D eigenvalue weighted by molar-refractivity contribution is 0.0953. The van der Waals surface area contributed by atoms with Crippen LogP contribution >= 0.6 is 0 Å². The number of benzene rings is 2. The molecule has 0 aromatic heterocycles. The predicted octanol–water partition coefficient (Wildman–Crippen LogP) is 3.28. The van der Waals surface area contributed by atoms with E-state index in [1.54, 1.807) is 7.11 Å². The Labute approximate surface area is 126 Å². The van der Waals surface area contributed by atoms with Crippen LogP contribution in [0.4, 0.5) is 0 Å². The number of aryl methyl sites for hydroxylation is 1. The third-order valence-corrected chi connectivity index (χ3v) is 3.72. The Hall–Kier alpha value is -2.29. The van der Waals surface area contributed by atoms with Gasteiger partial charge >= 0.3 is 0 Å². The number of hydrogen-bond donors (Lipinski definition) is 1. The van der Waals surface area contributed by atoms with Gasteiger partial charge in [0.1, 0.15) is 5.75 Å². The molecule has 0 atom stereocenters. The number of amides is 1. The van der Waals surface area contributed by atoms with E-state index in [1.165, 1.54) is 0 Å². The zero-order valence-electron chi connectivity index (χ0n) is 12.8. The smallest absolute Gasteiger partial charge is 0.251 e. The fourth-order valence-electron chi connectivity index (χ4n) is 2.31. The van der Waals surface area contributed by atoms with Crippen LogP contribution in [0.2, 0.25) is 0 Å². The van der Waals surface area contributed by atoms with Crippen molar-refractivity contribution in [2.75, 3.05) is 13.7 Å². The molecule has 0 saturated carbocycles. The second-order valence-electron chi connectivity index (χ2n) is 5.07. The molecule has 0 heterocycles. The van der Waals surface area contributed by atoms with Gasteiger partial charge in [-0.2, -0.15) is 0 Å². The molecule has 21 heavy (non-hydrogen) atoms. The van der Waals surface area contributed by atoms with Crippen molar-refractivity contribution in [2.45, 2.75) is 20.3 Å². The monoisotopic (exact) mass is 283 g/mol. The fourth-order valence-corrected chi connectivity index (χ4v) is 2.31. The Morgan fingerprint density at radius 3 is 2.62 bits per heavy atom. The summed E-state index contributed by atoms with van der Waals surface area (Å²) in [6.07, 6.45) is 0.751. The standard InChI is InChI=1S/C18H21NO2/c1-13-7-6-9-16(14(13)2)18(20)19-12-11-15-8-4-5-10-17(15)21-3/h4-10H,11-12H2,1-3H3,(H,19,20). The molecule has 110 valence electrons. The van der Waals surface area contributed by atoms with E-state index >= 15 is 0 Å². The first kappa shape index (κ1) is 15.1. The van der Waals surface area contributed by atoms with Gasteiger partial charge < -0.3 is 10.1 Å². The summed E-state index contributed by atoms with van der Waals surface area (Å²) in [6.45, 7) is 4.58. The lowest BCUT2D eigenvalue weighted by Crippen LogP contribution is -2.26. The minimum absolute atomic E-state index is 0.0221. The van der Waals surface area contributed by atoms with Crippen LogP contribution in [-0.4, -0.2) is 19.6 Å². The van der Waals surface area contributed by atoms with Crippen molar-refractivity contribution in [2.24, 2.45) is 0 Å². The molecule has 0 spiro atoms. The molecule has 0 radical (unpaired) electrons.